The number of hydrogen-bond acceptors (Lipinski definition) is 3. The van der Waals surface area contributed by atoms with Gasteiger partial charge in [0.1, 0.15) is 5.75 Å². The molecule has 1 aromatic carbocycles. The van der Waals surface area contributed by atoms with Gasteiger partial charge in [-0.1, -0.05) is 37.0 Å². The van der Waals surface area contributed by atoms with E-state index in [9.17, 15) is 5.11 Å². The highest BCUT2D eigenvalue weighted by Crippen LogP contribution is 2.32. The van der Waals surface area contributed by atoms with E-state index in [2.05, 4.69) is 4.98 Å². The van der Waals surface area contributed by atoms with Gasteiger partial charge in [0.15, 0.2) is 0 Å². The van der Waals surface area contributed by atoms with Crippen LogP contribution >= 0.6 is 23.2 Å². The van der Waals surface area contributed by atoms with Crippen LogP contribution in [0.5, 0.6) is 11.6 Å². The number of hydrogen-bond donors (Lipinski definition) is 1. The molecule has 0 radical (unpaired) electrons. The molecule has 1 heterocycles. The summed E-state index contributed by atoms with van der Waals surface area (Å²) in [6, 6.07) is 8.53. The van der Waals surface area contributed by atoms with E-state index in [1.807, 2.05) is 19.9 Å². The molecule has 0 aliphatic rings. The third-order valence-corrected chi connectivity index (χ3v) is 3.31. The molecule has 0 fully saturated rings. The molecule has 20 heavy (non-hydrogen) atoms. The number of benzene rings is 1. The monoisotopic (exact) mass is 311 g/mol. The summed E-state index contributed by atoms with van der Waals surface area (Å²) in [6.07, 6.45) is 0. The Labute approximate surface area is 128 Å². The average Bonchev–Trinajstić information content (AvgIpc) is 2.42. The van der Waals surface area contributed by atoms with Crippen molar-refractivity contribution in [3.8, 4) is 11.6 Å². The third kappa shape index (κ3) is 3.63. The lowest BCUT2D eigenvalue weighted by atomic mass is 10.1. The Morgan fingerprint density at radius 2 is 1.95 bits per heavy atom. The third-order valence-electron chi connectivity index (χ3n) is 2.76. The zero-order valence-electron chi connectivity index (χ0n) is 11.2. The van der Waals surface area contributed by atoms with Crippen LogP contribution in [0.2, 0.25) is 10.0 Å². The number of rotatable bonds is 4. The van der Waals surface area contributed by atoms with Crippen molar-refractivity contribution in [2.75, 3.05) is 0 Å². The van der Waals surface area contributed by atoms with Crippen LogP contribution < -0.4 is 4.74 Å². The Bertz CT molecular complexity index is 615. The van der Waals surface area contributed by atoms with Crippen molar-refractivity contribution in [3.63, 3.8) is 0 Å². The van der Waals surface area contributed by atoms with E-state index in [-0.39, 0.29) is 12.5 Å². The zero-order chi connectivity index (χ0) is 14.7. The average molecular weight is 312 g/mol. The number of aliphatic hydroxyl groups is 1. The number of halogens is 2. The Kier molecular flexibility index (Phi) is 4.86. The van der Waals surface area contributed by atoms with Crippen LogP contribution in [0, 0.1) is 0 Å². The van der Waals surface area contributed by atoms with E-state index < -0.39 is 0 Å². The highest BCUT2D eigenvalue weighted by molar-refractivity contribution is 6.34. The summed E-state index contributed by atoms with van der Waals surface area (Å²) >= 11 is 12.0. The van der Waals surface area contributed by atoms with Crippen molar-refractivity contribution in [1.29, 1.82) is 0 Å². The van der Waals surface area contributed by atoms with Gasteiger partial charge in [-0.05, 0) is 29.7 Å². The van der Waals surface area contributed by atoms with Crippen molar-refractivity contribution in [2.24, 2.45) is 0 Å². The molecule has 106 valence electrons. The first-order chi connectivity index (χ1) is 9.49. The van der Waals surface area contributed by atoms with Crippen LogP contribution in [0.25, 0.3) is 0 Å². The number of aliphatic hydroxyl groups excluding tert-OH is 1. The maximum absolute atomic E-state index is 9.30. The minimum absolute atomic E-state index is 0.0676. The quantitative estimate of drug-likeness (QED) is 0.882. The summed E-state index contributed by atoms with van der Waals surface area (Å²) in [5.41, 5.74) is 1.60. The molecule has 1 aromatic heterocycles. The lowest BCUT2D eigenvalue weighted by Gasteiger charge is -2.12. The first-order valence-corrected chi connectivity index (χ1v) is 7.00. The normalized spacial score (nSPS) is 10.9. The van der Waals surface area contributed by atoms with Gasteiger partial charge >= 0.3 is 0 Å². The van der Waals surface area contributed by atoms with Crippen LogP contribution in [0.1, 0.15) is 31.0 Å². The molecule has 2 rings (SSSR count). The summed E-state index contributed by atoms with van der Waals surface area (Å²) in [5.74, 6) is 1.07. The van der Waals surface area contributed by atoms with Gasteiger partial charge in [0, 0.05) is 22.8 Å². The van der Waals surface area contributed by atoms with Crippen LogP contribution in [0.3, 0.4) is 0 Å². The SMILES string of the molecule is CC(C)c1cc(CO)cc(Oc2cc(Cl)ccc2Cl)n1. The molecule has 2 aromatic rings. The second-order valence-electron chi connectivity index (χ2n) is 4.73. The van der Waals surface area contributed by atoms with E-state index in [1.165, 1.54) is 0 Å². The van der Waals surface area contributed by atoms with Crippen LogP contribution in [-0.2, 0) is 6.61 Å². The highest BCUT2D eigenvalue weighted by Gasteiger charge is 2.10. The Balaban J connectivity index is 2.37. The summed E-state index contributed by atoms with van der Waals surface area (Å²) in [6.45, 7) is 3.99. The van der Waals surface area contributed by atoms with Gasteiger partial charge in [0.2, 0.25) is 5.88 Å². The van der Waals surface area contributed by atoms with Gasteiger partial charge in [0.05, 0.1) is 11.6 Å². The zero-order valence-corrected chi connectivity index (χ0v) is 12.7. The Morgan fingerprint density at radius 1 is 1.20 bits per heavy atom. The lowest BCUT2D eigenvalue weighted by molar-refractivity contribution is 0.280. The molecule has 0 saturated carbocycles. The maximum atomic E-state index is 9.30. The fourth-order valence-electron chi connectivity index (χ4n) is 1.69. The molecule has 0 aliphatic carbocycles. The van der Waals surface area contributed by atoms with Gasteiger partial charge < -0.3 is 9.84 Å². The predicted octanol–water partition coefficient (Wildman–Crippen LogP) is 4.80. The van der Waals surface area contributed by atoms with E-state index in [0.717, 1.165) is 11.3 Å². The highest BCUT2D eigenvalue weighted by atomic mass is 35.5. The fraction of sp³-hybridized carbons (Fsp3) is 0.267. The summed E-state index contributed by atoms with van der Waals surface area (Å²) in [7, 11) is 0. The van der Waals surface area contributed by atoms with E-state index in [1.54, 1.807) is 24.3 Å². The van der Waals surface area contributed by atoms with E-state index in [0.29, 0.717) is 21.7 Å². The minimum Gasteiger partial charge on any atom is -0.437 e. The minimum atomic E-state index is -0.0676. The van der Waals surface area contributed by atoms with Crippen molar-refractivity contribution in [3.05, 3.63) is 51.6 Å². The predicted molar refractivity (Wildman–Crippen MR) is 80.8 cm³/mol. The molecule has 0 spiro atoms. The summed E-state index contributed by atoms with van der Waals surface area (Å²) < 4.78 is 5.68. The van der Waals surface area contributed by atoms with Crippen molar-refractivity contribution in [2.45, 2.75) is 26.4 Å². The molecule has 5 heteroatoms. The number of nitrogens with zero attached hydrogens (tertiary/aromatic N) is 1. The van der Waals surface area contributed by atoms with E-state index >= 15 is 0 Å². The Morgan fingerprint density at radius 3 is 2.60 bits per heavy atom. The van der Waals surface area contributed by atoms with Crippen LogP contribution in [0.15, 0.2) is 30.3 Å². The standard InChI is InChI=1S/C15H15Cl2NO2/c1-9(2)13-5-10(8-19)6-15(18-13)20-14-7-11(16)3-4-12(14)17/h3-7,9,19H,8H2,1-2H3. The first-order valence-electron chi connectivity index (χ1n) is 6.24. The van der Waals surface area contributed by atoms with Crippen LogP contribution in [0.4, 0.5) is 0 Å². The van der Waals surface area contributed by atoms with Crippen molar-refractivity contribution < 1.29 is 9.84 Å². The molecule has 0 aliphatic heterocycles. The van der Waals surface area contributed by atoms with E-state index in [4.69, 9.17) is 27.9 Å². The molecule has 0 bridgehead atoms. The van der Waals surface area contributed by atoms with Gasteiger partial charge in [-0.15, -0.1) is 0 Å². The fourth-order valence-corrected chi connectivity index (χ4v) is 2.01. The lowest BCUT2D eigenvalue weighted by Crippen LogP contribution is -1.99. The number of aromatic nitrogens is 1. The van der Waals surface area contributed by atoms with Crippen molar-refractivity contribution >= 4 is 23.2 Å². The molecular weight excluding hydrogens is 297 g/mol. The van der Waals surface area contributed by atoms with Gasteiger partial charge in [-0.2, -0.15) is 0 Å². The summed E-state index contributed by atoms with van der Waals surface area (Å²) in [5, 5.41) is 10.3. The second-order valence-corrected chi connectivity index (χ2v) is 5.57. The molecule has 0 saturated heterocycles. The maximum Gasteiger partial charge on any atom is 0.219 e. The number of ether oxygens (including phenoxy) is 1. The van der Waals surface area contributed by atoms with Crippen LogP contribution in [-0.4, -0.2) is 10.1 Å². The van der Waals surface area contributed by atoms with Gasteiger partial charge in [-0.25, -0.2) is 4.98 Å². The molecule has 1 N–H and O–H groups in total. The largest absolute Gasteiger partial charge is 0.437 e. The number of pyridine rings is 1. The first kappa shape index (κ1) is 15.1. The second kappa shape index (κ2) is 6.44. The molecular formula is C15H15Cl2NO2. The topological polar surface area (TPSA) is 42.4 Å². The van der Waals surface area contributed by atoms with Crippen molar-refractivity contribution in [1.82, 2.24) is 4.98 Å². The molecule has 0 atom stereocenters. The molecule has 0 amide bonds. The Hall–Kier alpha value is -1.29. The van der Waals surface area contributed by atoms with Gasteiger partial charge in [-0.3, -0.25) is 0 Å². The molecule has 3 nitrogen and oxygen atoms in total. The van der Waals surface area contributed by atoms with Gasteiger partial charge in [0.25, 0.3) is 0 Å². The smallest absolute Gasteiger partial charge is 0.219 e. The summed E-state index contributed by atoms with van der Waals surface area (Å²) in [4.78, 5) is 4.41. The molecule has 0 unspecified atom stereocenters.